The highest BCUT2D eigenvalue weighted by Gasteiger charge is 2.43. The van der Waals surface area contributed by atoms with E-state index in [1.54, 1.807) is 0 Å². The molecule has 0 radical (unpaired) electrons. The average molecular weight is 354 g/mol. The van der Waals surface area contributed by atoms with E-state index < -0.39 is 11.5 Å². The van der Waals surface area contributed by atoms with Gasteiger partial charge in [-0.1, -0.05) is 84.0 Å². The Labute approximate surface area is 154 Å². The molecule has 0 aliphatic carbocycles. The predicted octanol–water partition coefficient (Wildman–Crippen LogP) is 5.20. The number of carboxylic acid groups (broad SMARTS) is 1. The summed E-state index contributed by atoms with van der Waals surface area (Å²) in [7, 11) is 0. The fraction of sp³-hybridized carbons (Fsp3) is 0.905. The first-order valence-electron chi connectivity index (χ1n) is 10.6. The van der Waals surface area contributed by atoms with E-state index in [9.17, 15) is 14.7 Å². The first-order chi connectivity index (χ1) is 12.2. The first-order valence-corrected chi connectivity index (χ1v) is 10.6. The third kappa shape index (κ3) is 7.89. The highest BCUT2D eigenvalue weighted by atomic mass is 16.4. The molecular formula is C21H39NO3. The van der Waals surface area contributed by atoms with Crippen LogP contribution >= 0.6 is 0 Å². The van der Waals surface area contributed by atoms with E-state index in [0.29, 0.717) is 12.7 Å². The number of likely N-dealkylation sites (tertiary alicyclic amines) is 1. The number of aliphatic carboxylic acids is 1. The molecule has 1 aliphatic heterocycles. The summed E-state index contributed by atoms with van der Waals surface area (Å²) in [6, 6.07) is 0. The topological polar surface area (TPSA) is 57.6 Å². The van der Waals surface area contributed by atoms with Crippen LogP contribution in [0.2, 0.25) is 0 Å². The van der Waals surface area contributed by atoms with E-state index in [0.717, 1.165) is 58.0 Å². The Balaban J connectivity index is 2.29. The molecule has 0 aromatic rings. The van der Waals surface area contributed by atoms with Crippen molar-refractivity contribution in [2.24, 2.45) is 0 Å². The Kier molecular flexibility index (Phi) is 11.8. The number of carbonyl (C=O) groups is 2. The summed E-state index contributed by atoms with van der Waals surface area (Å²) in [6.07, 6.45) is 17.6. The summed E-state index contributed by atoms with van der Waals surface area (Å²) in [5.74, 6) is -0.958. The average Bonchev–Trinajstić information content (AvgIpc) is 2.89. The van der Waals surface area contributed by atoms with Crippen LogP contribution in [0.15, 0.2) is 0 Å². The number of nitrogens with zero attached hydrogens (tertiary/aromatic N) is 1. The lowest BCUT2D eigenvalue weighted by molar-refractivity contribution is -0.154. The molecule has 1 fully saturated rings. The van der Waals surface area contributed by atoms with Crippen LogP contribution < -0.4 is 0 Å². The molecule has 0 aromatic heterocycles. The minimum atomic E-state index is -1.29. The molecule has 1 atom stereocenters. The minimum absolute atomic E-state index is 0.461. The molecule has 1 aliphatic rings. The van der Waals surface area contributed by atoms with Crippen LogP contribution in [0.1, 0.15) is 103 Å². The molecule has 0 aromatic carbocycles. The standard InChI is InChI=1S/C21H39NO3/c1-2-3-4-5-6-7-8-9-10-13-16-21(19-23,20(24)25)22-17-14-11-12-15-18-22/h19H,2-18H2,1H3,(H,24,25). The lowest BCUT2D eigenvalue weighted by Gasteiger charge is -2.36. The summed E-state index contributed by atoms with van der Waals surface area (Å²) >= 11 is 0. The Morgan fingerprint density at radius 3 is 1.80 bits per heavy atom. The summed E-state index contributed by atoms with van der Waals surface area (Å²) < 4.78 is 0. The van der Waals surface area contributed by atoms with Crippen molar-refractivity contribution in [3.63, 3.8) is 0 Å². The van der Waals surface area contributed by atoms with Crippen molar-refractivity contribution in [3.05, 3.63) is 0 Å². The monoisotopic (exact) mass is 353 g/mol. The highest BCUT2D eigenvalue weighted by molar-refractivity contribution is 5.97. The summed E-state index contributed by atoms with van der Waals surface area (Å²) in [5, 5.41) is 9.74. The van der Waals surface area contributed by atoms with E-state index in [1.165, 1.54) is 44.9 Å². The van der Waals surface area contributed by atoms with Crippen molar-refractivity contribution < 1.29 is 14.7 Å². The van der Waals surface area contributed by atoms with Gasteiger partial charge in [0.15, 0.2) is 11.8 Å². The van der Waals surface area contributed by atoms with Crippen molar-refractivity contribution in [3.8, 4) is 0 Å². The molecule has 0 bridgehead atoms. The molecule has 1 heterocycles. The number of aldehydes is 1. The van der Waals surface area contributed by atoms with Crippen molar-refractivity contribution in [1.29, 1.82) is 0 Å². The number of carbonyl (C=O) groups excluding carboxylic acids is 1. The van der Waals surface area contributed by atoms with Gasteiger partial charge in [-0.3, -0.25) is 4.90 Å². The lowest BCUT2D eigenvalue weighted by atomic mass is 9.90. The van der Waals surface area contributed by atoms with Crippen LogP contribution in [0.4, 0.5) is 0 Å². The maximum Gasteiger partial charge on any atom is 0.331 e. The van der Waals surface area contributed by atoms with Gasteiger partial charge in [0, 0.05) is 0 Å². The van der Waals surface area contributed by atoms with Crippen molar-refractivity contribution in [2.45, 2.75) is 109 Å². The van der Waals surface area contributed by atoms with Crippen LogP contribution in [-0.2, 0) is 9.59 Å². The molecule has 1 unspecified atom stereocenters. The van der Waals surface area contributed by atoms with E-state index in [4.69, 9.17) is 0 Å². The van der Waals surface area contributed by atoms with Gasteiger partial charge in [-0.2, -0.15) is 0 Å². The molecule has 1 N–H and O–H groups in total. The zero-order chi connectivity index (χ0) is 18.4. The van der Waals surface area contributed by atoms with Gasteiger partial charge >= 0.3 is 5.97 Å². The molecule has 4 nitrogen and oxygen atoms in total. The SMILES string of the molecule is CCCCCCCCCCCCC(C=O)(C(=O)O)N1CCCCCC1. The second-order valence-corrected chi connectivity index (χ2v) is 7.68. The number of hydrogen-bond donors (Lipinski definition) is 1. The van der Waals surface area contributed by atoms with E-state index >= 15 is 0 Å². The third-order valence-electron chi connectivity index (χ3n) is 5.65. The second kappa shape index (κ2) is 13.3. The fourth-order valence-electron chi connectivity index (χ4n) is 3.94. The van der Waals surface area contributed by atoms with Gasteiger partial charge in [-0.25, -0.2) is 4.79 Å². The van der Waals surface area contributed by atoms with E-state index in [-0.39, 0.29) is 0 Å². The maximum absolute atomic E-state index is 11.9. The smallest absolute Gasteiger partial charge is 0.331 e. The number of unbranched alkanes of at least 4 members (excludes halogenated alkanes) is 9. The molecule has 1 saturated heterocycles. The normalized spacial score (nSPS) is 18.4. The van der Waals surface area contributed by atoms with Crippen LogP contribution in [0.5, 0.6) is 0 Å². The molecule has 0 saturated carbocycles. The van der Waals surface area contributed by atoms with Crippen molar-refractivity contribution in [1.82, 2.24) is 4.90 Å². The van der Waals surface area contributed by atoms with E-state index in [2.05, 4.69) is 6.92 Å². The maximum atomic E-state index is 11.9. The molecule has 1 rings (SSSR count). The van der Waals surface area contributed by atoms with Crippen LogP contribution in [0.25, 0.3) is 0 Å². The Morgan fingerprint density at radius 2 is 1.36 bits per heavy atom. The number of carboxylic acids is 1. The molecule has 0 amide bonds. The Morgan fingerprint density at radius 1 is 0.880 bits per heavy atom. The number of rotatable bonds is 14. The summed E-state index contributed by atoms with van der Waals surface area (Å²) in [6.45, 7) is 3.72. The quantitative estimate of drug-likeness (QED) is 0.265. The van der Waals surface area contributed by atoms with Gasteiger partial charge in [0.2, 0.25) is 0 Å². The zero-order valence-electron chi connectivity index (χ0n) is 16.3. The second-order valence-electron chi connectivity index (χ2n) is 7.68. The van der Waals surface area contributed by atoms with Crippen LogP contribution in [0, 0.1) is 0 Å². The minimum Gasteiger partial charge on any atom is -0.480 e. The van der Waals surface area contributed by atoms with Gasteiger partial charge in [-0.15, -0.1) is 0 Å². The molecular weight excluding hydrogens is 314 g/mol. The fourth-order valence-corrected chi connectivity index (χ4v) is 3.94. The summed E-state index contributed by atoms with van der Waals surface area (Å²) in [5.41, 5.74) is -1.29. The number of hydrogen-bond acceptors (Lipinski definition) is 3. The Hall–Kier alpha value is -0.900. The highest BCUT2D eigenvalue weighted by Crippen LogP contribution is 2.26. The van der Waals surface area contributed by atoms with Crippen molar-refractivity contribution in [2.75, 3.05) is 13.1 Å². The molecule has 0 spiro atoms. The first kappa shape index (κ1) is 22.1. The van der Waals surface area contributed by atoms with Gasteiger partial charge in [0.25, 0.3) is 0 Å². The van der Waals surface area contributed by atoms with Gasteiger partial charge in [-0.05, 0) is 32.4 Å². The predicted molar refractivity (Wildman–Crippen MR) is 103 cm³/mol. The van der Waals surface area contributed by atoms with Crippen LogP contribution in [-0.4, -0.2) is 40.9 Å². The van der Waals surface area contributed by atoms with Gasteiger partial charge in [0.1, 0.15) is 0 Å². The van der Waals surface area contributed by atoms with Gasteiger partial charge < -0.3 is 9.90 Å². The summed E-state index contributed by atoms with van der Waals surface area (Å²) in [4.78, 5) is 25.6. The van der Waals surface area contributed by atoms with Crippen LogP contribution in [0.3, 0.4) is 0 Å². The lowest BCUT2D eigenvalue weighted by Crippen LogP contribution is -2.56. The largest absolute Gasteiger partial charge is 0.480 e. The zero-order valence-corrected chi connectivity index (χ0v) is 16.3. The molecule has 4 heteroatoms. The molecule has 25 heavy (non-hydrogen) atoms. The molecule has 146 valence electrons. The van der Waals surface area contributed by atoms with Crippen molar-refractivity contribution >= 4 is 12.3 Å². The van der Waals surface area contributed by atoms with Gasteiger partial charge in [0.05, 0.1) is 0 Å². The Bertz CT molecular complexity index is 364. The van der Waals surface area contributed by atoms with E-state index in [1.807, 2.05) is 4.90 Å². The third-order valence-corrected chi connectivity index (χ3v) is 5.65.